The van der Waals surface area contributed by atoms with Crippen LogP contribution in [-0.2, 0) is 33.2 Å². The highest BCUT2D eigenvalue weighted by molar-refractivity contribution is 5.93. The molecule has 0 aliphatic carbocycles. The Kier molecular flexibility index (Phi) is 6.41. The molecule has 2 aromatic rings. The Morgan fingerprint density at radius 3 is 2.30 bits per heavy atom. The molecule has 1 aromatic carbocycles. The topological polar surface area (TPSA) is 73.2 Å². The van der Waals surface area contributed by atoms with Crippen LogP contribution in [0.15, 0.2) is 24.3 Å². The average Bonchev–Trinajstić information content (AvgIpc) is 2.84. The van der Waals surface area contributed by atoms with Crippen LogP contribution < -0.4 is 5.32 Å². The van der Waals surface area contributed by atoms with Crippen molar-refractivity contribution in [1.82, 2.24) is 9.78 Å². The zero-order valence-electron chi connectivity index (χ0n) is 17.0. The number of esters is 1. The third-order valence-corrected chi connectivity index (χ3v) is 4.58. The van der Waals surface area contributed by atoms with Crippen LogP contribution in [-0.4, -0.2) is 28.3 Å². The molecule has 0 aliphatic heterocycles. The van der Waals surface area contributed by atoms with E-state index in [9.17, 15) is 9.59 Å². The van der Waals surface area contributed by atoms with Gasteiger partial charge in [-0.1, -0.05) is 45.0 Å². The number of benzene rings is 1. The number of aryl methyl sites for hydroxylation is 3. The quantitative estimate of drug-likeness (QED) is 0.790. The van der Waals surface area contributed by atoms with E-state index in [1.165, 1.54) is 5.56 Å². The number of nitrogens with one attached hydrogen (secondary N) is 1. The van der Waals surface area contributed by atoms with E-state index in [-0.39, 0.29) is 30.3 Å². The van der Waals surface area contributed by atoms with Crippen LogP contribution in [0.4, 0.5) is 5.69 Å². The number of carbonyl (C=O) groups is 2. The molecule has 146 valence electrons. The van der Waals surface area contributed by atoms with Crippen molar-refractivity contribution in [1.29, 1.82) is 0 Å². The van der Waals surface area contributed by atoms with Gasteiger partial charge in [0.1, 0.15) is 0 Å². The summed E-state index contributed by atoms with van der Waals surface area (Å²) in [6, 6.07) is 8.25. The second kappa shape index (κ2) is 8.37. The number of hydrogen-bond acceptors (Lipinski definition) is 4. The number of aromatic nitrogens is 2. The van der Waals surface area contributed by atoms with Crippen LogP contribution in [0.5, 0.6) is 0 Å². The Morgan fingerprint density at radius 1 is 1.15 bits per heavy atom. The van der Waals surface area contributed by atoms with Gasteiger partial charge in [-0.25, -0.2) is 0 Å². The number of amides is 1. The van der Waals surface area contributed by atoms with Crippen LogP contribution in [0.1, 0.15) is 49.7 Å². The fourth-order valence-electron chi connectivity index (χ4n) is 2.77. The predicted molar refractivity (Wildman–Crippen MR) is 106 cm³/mol. The smallest absolute Gasteiger partial charge is 0.306 e. The van der Waals surface area contributed by atoms with Crippen molar-refractivity contribution >= 4 is 17.6 Å². The Labute approximate surface area is 160 Å². The minimum Gasteiger partial charge on any atom is -0.456 e. The van der Waals surface area contributed by atoms with Crippen molar-refractivity contribution in [3.8, 4) is 0 Å². The maximum atomic E-state index is 12.0. The SMILES string of the molecule is Cc1nn(C)c(C)c1NC(=O)COC(=O)CCc1ccc(C(C)(C)C)cc1. The summed E-state index contributed by atoms with van der Waals surface area (Å²) in [5.41, 5.74) is 4.68. The van der Waals surface area contributed by atoms with Gasteiger partial charge in [0.05, 0.1) is 17.1 Å². The summed E-state index contributed by atoms with van der Waals surface area (Å²) < 4.78 is 6.78. The van der Waals surface area contributed by atoms with E-state index in [1.54, 1.807) is 4.68 Å². The van der Waals surface area contributed by atoms with Gasteiger partial charge in [0, 0.05) is 13.5 Å². The molecule has 6 nitrogen and oxygen atoms in total. The lowest BCUT2D eigenvalue weighted by Crippen LogP contribution is -2.21. The van der Waals surface area contributed by atoms with Crippen LogP contribution in [0.3, 0.4) is 0 Å². The number of hydrogen-bond donors (Lipinski definition) is 1. The summed E-state index contributed by atoms with van der Waals surface area (Å²) in [6.45, 7) is 9.89. The van der Waals surface area contributed by atoms with Crippen LogP contribution in [0, 0.1) is 13.8 Å². The zero-order valence-corrected chi connectivity index (χ0v) is 17.0. The van der Waals surface area contributed by atoms with Crippen molar-refractivity contribution in [3.63, 3.8) is 0 Å². The first kappa shape index (κ1) is 20.7. The van der Waals surface area contributed by atoms with E-state index in [2.05, 4.69) is 43.3 Å². The fraction of sp³-hybridized carbons (Fsp3) is 0.476. The molecule has 0 radical (unpaired) electrons. The van der Waals surface area contributed by atoms with Gasteiger partial charge in [0.25, 0.3) is 5.91 Å². The number of anilines is 1. The molecule has 0 atom stereocenters. The second-order valence-electron chi connectivity index (χ2n) is 7.83. The minimum absolute atomic E-state index is 0.107. The van der Waals surface area contributed by atoms with Gasteiger partial charge in [0.2, 0.25) is 0 Å². The lowest BCUT2D eigenvalue weighted by Gasteiger charge is -2.19. The Bertz CT molecular complexity index is 814. The van der Waals surface area contributed by atoms with E-state index in [0.717, 1.165) is 17.0 Å². The van der Waals surface area contributed by atoms with Gasteiger partial charge >= 0.3 is 5.97 Å². The maximum absolute atomic E-state index is 12.0. The molecule has 1 heterocycles. The highest BCUT2D eigenvalue weighted by Crippen LogP contribution is 2.22. The summed E-state index contributed by atoms with van der Waals surface area (Å²) in [5.74, 6) is -0.748. The number of nitrogens with zero attached hydrogens (tertiary/aromatic N) is 2. The molecule has 27 heavy (non-hydrogen) atoms. The summed E-state index contributed by atoms with van der Waals surface area (Å²) in [7, 11) is 1.81. The van der Waals surface area contributed by atoms with Gasteiger partial charge in [-0.15, -0.1) is 0 Å². The maximum Gasteiger partial charge on any atom is 0.306 e. The Morgan fingerprint density at radius 2 is 1.78 bits per heavy atom. The number of ether oxygens (including phenoxy) is 1. The molecule has 1 amide bonds. The van der Waals surface area contributed by atoms with Crippen molar-refractivity contribution in [2.45, 2.75) is 52.9 Å². The lowest BCUT2D eigenvalue weighted by atomic mass is 9.86. The molecule has 0 aliphatic rings. The van der Waals surface area contributed by atoms with E-state index >= 15 is 0 Å². The molecule has 0 saturated carbocycles. The molecule has 6 heteroatoms. The van der Waals surface area contributed by atoms with Crippen molar-refractivity contribution in [2.24, 2.45) is 7.05 Å². The highest BCUT2D eigenvalue weighted by Gasteiger charge is 2.15. The molecule has 0 fully saturated rings. The van der Waals surface area contributed by atoms with Crippen molar-refractivity contribution in [3.05, 3.63) is 46.8 Å². The van der Waals surface area contributed by atoms with Crippen molar-refractivity contribution < 1.29 is 14.3 Å². The highest BCUT2D eigenvalue weighted by atomic mass is 16.5. The largest absolute Gasteiger partial charge is 0.456 e. The summed E-state index contributed by atoms with van der Waals surface area (Å²) in [6.07, 6.45) is 0.832. The van der Waals surface area contributed by atoms with E-state index in [0.29, 0.717) is 12.1 Å². The lowest BCUT2D eigenvalue weighted by molar-refractivity contribution is -0.147. The van der Waals surface area contributed by atoms with Gasteiger partial charge in [0.15, 0.2) is 6.61 Å². The minimum atomic E-state index is -0.385. The first-order valence-corrected chi connectivity index (χ1v) is 9.13. The molecular weight excluding hydrogens is 342 g/mol. The standard InChI is InChI=1S/C21H29N3O3/c1-14-20(15(2)24(6)23-14)22-18(25)13-27-19(26)12-9-16-7-10-17(11-8-16)21(3,4)5/h7-8,10-11H,9,12-13H2,1-6H3,(H,22,25). The number of carbonyl (C=O) groups excluding carboxylic acids is 2. The molecule has 0 unspecified atom stereocenters. The molecule has 1 aromatic heterocycles. The van der Waals surface area contributed by atoms with Gasteiger partial charge in [-0.3, -0.25) is 14.3 Å². The monoisotopic (exact) mass is 371 g/mol. The first-order chi connectivity index (χ1) is 12.6. The molecule has 0 spiro atoms. The van der Waals surface area contributed by atoms with Crippen LogP contribution in [0.2, 0.25) is 0 Å². The normalized spacial score (nSPS) is 11.3. The second-order valence-corrected chi connectivity index (χ2v) is 7.83. The fourth-order valence-corrected chi connectivity index (χ4v) is 2.77. The van der Waals surface area contributed by atoms with Gasteiger partial charge < -0.3 is 10.1 Å². The molecule has 2 rings (SSSR count). The summed E-state index contributed by atoms with van der Waals surface area (Å²) in [4.78, 5) is 23.9. The third-order valence-electron chi connectivity index (χ3n) is 4.58. The van der Waals surface area contributed by atoms with E-state index in [4.69, 9.17) is 4.74 Å². The van der Waals surface area contributed by atoms with Crippen LogP contribution >= 0.6 is 0 Å². The predicted octanol–water partition coefficient (Wildman–Crippen LogP) is 3.45. The first-order valence-electron chi connectivity index (χ1n) is 9.13. The number of rotatable bonds is 6. The van der Waals surface area contributed by atoms with Crippen molar-refractivity contribution in [2.75, 3.05) is 11.9 Å². The third kappa shape index (κ3) is 5.67. The zero-order chi connectivity index (χ0) is 20.2. The molecule has 0 saturated heterocycles. The van der Waals surface area contributed by atoms with Crippen LogP contribution in [0.25, 0.3) is 0 Å². The van der Waals surface area contributed by atoms with Gasteiger partial charge in [-0.05, 0) is 36.8 Å². The summed E-state index contributed by atoms with van der Waals surface area (Å²) >= 11 is 0. The Balaban J connectivity index is 1.78. The van der Waals surface area contributed by atoms with E-state index < -0.39 is 0 Å². The average molecular weight is 371 g/mol. The Hall–Kier alpha value is -2.63. The summed E-state index contributed by atoms with van der Waals surface area (Å²) in [5, 5.41) is 6.99. The molecule has 0 bridgehead atoms. The molecule has 1 N–H and O–H groups in total. The molecular formula is C21H29N3O3. The van der Waals surface area contributed by atoms with Gasteiger partial charge in [-0.2, -0.15) is 5.10 Å². The van der Waals surface area contributed by atoms with E-state index in [1.807, 2.05) is 33.0 Å².